The fraction of sp³-hybridized carbons (Fsp3) is 0.452. The van der Waals surface area contributed by atoms with Gasteiger partial charge in [0.25, 0.3) is 5.91 Å². The molecule has 0 saturated heterocycles. The van der Waals surface area contributed by atoms with Gasteiger partial charge in [-0.3, -0.25) is 4.79 Å². The van der Waals surface area contributed by atoms with Gasteiger partial charge in [-0.2, -0.15) is 5.26 Å². The molecule has 2 aromatic carbocycles. The average Bonchev–Trinajstić information content (AvgIpc) is 2.86. The van der Waals surface area contributed by atoms with E-state index >= 15 is 0 Å². The Labute approximate surface area is 221 Å². The van der Waals surface area contributed by atoms with Crippen molar-refractivity contribution < 1.29 is 14.3 Å². The summed E-state index contributed by atoms with van der Waals surface area (Å²) in [5.41, 5.74) is 5.79. The molecule has 0 fully saturated rings. The number of hydrogen-bond donors (Lipinski definition) is 0. The minimum absolute atomic E-state index is 0.0285. The predicted molar refractivity (Wildman–Crippen MR) is 148 cm³/mol. The summed E-state index contributed by atoms with van der Waals surface area (Å²) in [6.07, 6.45) is 2.87. The van der Waals surface area contributed by atoms with Crippen molar-refractivity contribution in [2.45, 2.75) is 78.9 Å². The van der Waals surface area contributed by atoms with Crippen LogP contribution in [0.2, 0.25) is 0 Å². The second kappa shape index (κ2) is 11.6. The monoisotopic (exact) mass is 501 g/mol. The molecule has 1 amide bonds. The number of amides is 1. The molecule has 1 heterocycles. The number of carbonyl (C=O) groups excluding carboxylic acids is 1. The van der Waals surface area contributed by atoms with Crippen LogP contribution in [-0.2, 0) is 17.6 Å². The third-order valence-electron chi connectivity index (χ3n) is 6.76. The summed E-state index contributed by atoms with van der Waals surface area (Å²) in [5, 5.41) is 9.26. The summed E-state index contributed by atoms with van der Waals surface area (Å²) in [6, 6.07) is 13.7. The third-order valence-corrected chi connectivity index (χ3v) is 6.76. The van der Waals surface area contributed by atoms with Crippen molar-refractivity contribution in [2.75, 3.05) is 14.2 Å². The first-order valence-electron chi connectivity index (χ1n) is 12.9. The number of rotatable bonds is 5. The molecule has 0 aromatic heterocycles. The number of likely N-dealkylation sites (N-methyl/N-ethyl adjacent to an activating group) is 1. The molecule has 0 aliphatic carbocycles. The molecule has 0 saturated carbocycles. The van der Waals surface area contributed by atoms with Gasteiger partial charge in [0.05, 0.1) is 24.8 Å². The second-order valence-electron chi connectivity index (χ2n) is 10.8. The summed E-state index contributed by atoms with van der Waals surface area (Å²) in [6.45, 7) is 12.1. The number of allylic oxidation sites excluding steroid dienone is 1. The van der Waals surface area contributed by atoms with E-state index in [1.165, 1.54) is 11.1 Å². The molecule has 6 nitrogen and oxygen atoms in total. The summed E-state index contributed by atoms with van der Waals surface area (Å²) in [5.74, 6) is 1.37. The van der Waals surface area contributed by atoms with Crippen LogP contribution in [0.3, 0.4) is 0 Å². The molecule has 196 valence electrons. The Kier molecular flexibility index (Phi) is 8.81. The maximum Gasteiger partial charge on any atom is 0.272 e. The third kappa shape index (κ3) is 6.80. The quantitative estimate of drug-likeness (QED) is 0.485. The van der Waals surface area contributed by atoms with Crippen LogP contribution >= 0.6 is 0 Å². The van der Waals surface area contributed by atoms with Gasteiger partial charge >= 0.3 is 0 Å². The SMILES string of the molecule is COc1cc2c(cc1OC(C)C)CCC(c1ccc(C#N)cc1)=N/C(C(=O)N(C)C(C)(C)C)=C(\C)CC2. The van der Waals surface area contributed by atoms with Crippen LogP contribution in [0.4, 0.5) is 0 Å². The van der Waals surface area contributed by atoms with Gasteiger partial charge in [0.1, 0.15) is 5.70 Å². The van der Waals surface area contributed by atoms with E-state index in [0.29, 0.717) is 24.1 Å². The Morgan fingerprint density at radius 3 is 2.16 bits per heavy atom. The van der Waals surface area contributed by atoms with Gasteiger partial charge in [0.2, 0.25) is 0 Å². The first-order valence-corrected chi connectivity index (χ1v) is 12.9. The van der Waals surface area contributed by atoms with Crippen LogP contribution in [0, 0.1) is 11.3 Å². The summed E-state index contributed by atoms with van der Waals surface area (Å²) < 4.78 is 11.7. The van der Waals surface area contributed by atoms with Crippen LogP contribution in [0.5, 0.6) is 11.5 Å². The van der Waals surface area contributed by atoms with Crippen molar-refractivity contribution >= 4 is 11.6 Å². The van der Waals surface area contributed by atoms with Gasteiger partial charge in [-0.15, -0.1) is 0 Å². The topological polar surface area (TPSA) is 74.9 Å². The van der Waals surface area contributed by atoms with Gasteiger partial charge in [-0.25, -0.2) is 4.99 Å². The highest BCUT2D eigenvalue weighted by Gasteiger charge is 2.27. The minimum atomic E-state index is -0.337. The van der Waals surface area contributed by atoms with Crippen molar-refractivity contribution in [3.63, 3.8) is 0 Å². The standard InChI is InChI=1S/C31H39N3O3/c1-20(2)37-28-18-25-15-16-26(23-13-10-22(19-32)11-14-23)33-29(30(35)34(7)31(4,5)6)21(3)9-12-24(25)17-27(28)36-8/h10-11,13-14,17-18,20H,9,12,15-16H2,1-8H3/b29-21+,33-26?. The van der Waals surface area contributed by atoms with E-state index in [2.05, 4.69) is 18.2 Å². The molecule has 0 bridgehead atoms. The molecular formula is C31H39N3O3. The largest absolute Gasteiger partial charge is 0.493 e. The van der Waals surface area contributed by atoms with Crippen LogP contribution in [0.25, 0.3) is 0 Å². The molecule has 1 aliphatic heterocycles. The molecule has 0 spiro atoms. The van der Waals surface area contributed by atoms with E-state index in [-0.39, 0.29) is 17.6 Å². The van der Waals surface area contributed by atoms with Crippen LogP contribution in [0.1, 0.15) is 76.6 Å². The van der Waals surface area contributed by atoms with E-state index in [0.717, 1.165) is 41.2 Å². The zero-order valence-electron chi connectivity index (χ0n) is 23.4. The number of nitriles is 1. The number of aryl methyl sites for hydroxylation is 2. The molecule has 0 radical (unpaired) electrons. The lowest BCUT2D eigenvalue weighted by Gasteiger charge is -2.32. The van der Waals surface area contributed by atoms with Crippen LogP contribution in [-0.4, -0.2) is 42.3 Å². The van der Waals surface area contributed by atoms with Gasteiger partial charge in [0, 0.05) is 18.3 Å². The van der Waals surface area contributed by atoms with Crippen molar-refractivity contribution in [3.8, 4) is 17.6 Å². The Morgan fingerprint density at radius 2 is 1.62 bits per heavy atom. The lowest BCUT2D eigenvalue weighted by Crippen LogP contribution is -2.43. The molecule has 37 heavy (non-hydrogen) atoms. The van der Waals surface area contributed by atoms with E-state index in [9.17, 15) is 10.1 Å². The predicted octanol–water partition coefficient (Wildman–Crippen LogP) is 6.25. The molecule has 1 aliphatic rings. The lowest BCUT2D eigenvalue weighted by molar-refractivity contribution is -0.130. The maximum absolute atomic E-state index is 13.7. The average molecular weight is 502 g/mol. The fourth-order valence-electron chi connectivity index (χ4n) is 4.23. The fourth-order valence-corrected chi connectivity index (χ4v) is 4.23. The number of ether oxygens (including phenoxy) is 2. The van der Waals surface area contributed by atoms with Crippen LogP contribution in [0.15, 0.2) is 52.7 Å². The van der Waals surface area contributed by atoms with Gasteiger partial charge in [0.15, 0.2) is 11.5 Å². The smallest absolute Gasteiger partial charge is 0.272 e. The Hall–Kier alpha value is -3.59. The summed E-state index contributed by atoms with van der Waals surface area (Å²) in [7, 11) is 3.49. The number of carbonyl (C=O) groups is 1. The number of methoxy groups -OCH3 is 1. The molecule has 2 aromatic rings. The van der Waals surface area contributed by atoms with E-state index in [1.807, 2.05) is 60.7 Å². The van der Waals surface area contributed by atoms with E-state index < -0.39 is 0 Å². The zero-order chi connectivity index (χ0) is 27.3. The second-order valence-corrected chi connectivity index (χ2v) is 10.8. The summed E-state index contributed by atoms with van der Waals surface area (Å²) >= 11 is 0. The van der Waals surface area contributed by atoms with Gasteiger partial charge in [-0.05, 0) is 114 Å². The number of fused-ring (bicyclic) bond motifs is 1. The Balaban J connectivity index is 2.15. The van der Waals surface area contributed by atoms with E-state index in [1.54, 1.807) is 24.1 Å². The number of hydrogen-bond acceptors (Lipinski definition) is 5. The van der Waals surface area contributed by atoms with Gasteiger partial charge in [-0.1, -0.05) is 12.1 Å². The molecule has 3 rings (SSSR count). The zero-order valence-corrected chi connectivity index (χ0v) is 23.4. The van der Waals surface area contributed by atoms with Crippen LogP contribution < -0.4 is 9.47 Å². The molecule has 6 heteroatoms. The Morgan fingerprint density at radius 1 is 1.03 bits per heavy atom. The Bertz CT molecular complexity index is 1240. The number of nitrogens with zero attached hydrogens (tertiary/aromatic N) is 3. The van der Waals surface area contributed by atoms with Gasteiger partial charge < -0.3 is 14.4 Å². The van der Waals surface area contributed by atoms with Crippen molar-refractivity contribution in [1.82, 2.24) is 4.90 Å². The van der Waals surface area contributed by atoms with E-state index in [4.69, 9.17) is 14.5 Å². The first-order chi connectivity index (χ1) is 17.4. The highest BCUT2D eigenvalue weighted by Crippen LogP contribution is 2.34. The van der Waals surface area contributed by atoms with Crippen molar-refractivity contribution in [1.29, 1.82) is 5.26 Å². The number of aliphatic imine (C=N–C) groups is 1. The van der Waals surface area contributed by atoms with Crippen molar-refractivity contribution in [3.05, 3.63) is 69.9 Å². The molecule has 0 atom stereocenters. The maximum atomic E-state index is 13.7. The minimum Gasteiger partial charge on any atom is -0.493 e. The lowest BCUT2D eigenvalue weighted by atomic mass is 9.92. The first kappa shape index (κ1) is 28.0. The summed E-state index contributed by atoms with van der Waals surface area (Å²) in [4.78, 5) is 20.4. The normalized spacial score (nSPS) is 16.4. The highest BCUT2D eigenvalue weighted by atomic mass is 16.5. The number of benzene rings is 2. The highest BCUT2D eigenvalue weighted by molar-refractivity contribution is 6.05. The molecule has 0 N–H and O–H groups in total. The molecular weight excluding hydrogens is 462 g/mol. The molecule has 0 unspecified atom stereocenters. The van der Waals surface area contributed by atoms with Crippen molar-refractivity contribution in [2.24, 2.45) is 4.99 Å².